The average Bonchev–Trinajstić information content (AvgIpc) is 2.27. The van der Waals surface area contributed by atoms with Gasteiger partial charge in [0.25, 0.3) is 0 Å². The Hall–Kier alpha value is -1.42. The lowest BCUT2D eigenvalue weighted by Crippen LogP contribution is -1.98. The Morgan fingerprint density at radius 3 is 2.71 bits per heavy atom. The smallest absolute Gasteiger partial charge is 0.239 e. The van der Waals surface area contributed by atoms with Crippen LogP contribution in [0, 0.1) is 0 Å². The van der Waals surface area contributed by atoms with Gasteiger partial charge in [-0.2, -0.15) is 0 Å². The highest BCUT2D eigenvalue weighted by atomic mass is 32.2. The first kappa shape index (κ1) is 9.15. The fourth-order valence-electron chi connectivity index (χ4n) is 1.16. The molecular weight excluding hydrogens is 196 g/mol. The summed E-state index contributed by atoms with van der Waals surface area (Å²) in [5, 5.41) is -0.0525. The Bertz CT molecular complexity index is 484. The van der Waals surface area contributed by atoms with Gasteiger partial charge in [0, 0.05) is 0 Å². The number of hydrogen-bond acceptors (Lipinski definition) is 4. The van der Waals surface area contributed by atoms with E-state index in [2.05, 4.69) is 9.97 Å². The van der Waals surface area contributed by atoms with Gasteiger partial charge < -0.3 is 0 Å². The lowest BCUT2D eigenvalue weighted by atomic mass is 10.3. The summed E-state index contributed by atoms with van der Waals surface area (Å²) in [6.07, 6.45) is 3.25. The molecule has 4 heteroatoms. The number of carbonyl (C=O) groups is 1. The fourth-order valence-corrected chi connectivity index (χ4v) is 1.47. The van der Waals surface area contributed by atoms with Crippen LogP contribution in [0.15, 0.2) is 30.5 Å². The highest BCUT2D eigenvalue weighted by Gasteiger charge is 2.06. The SMILES string of the molecule is CSC(=O)c1cnc2ccccc2n1. The molecule has 0 unspecified atom stereocenters. The maximum Gasteiger partial charge on any atom is 0.239 e. The van der Waals surface area contributed by atoms with Gasteiger partial charge in [-0.1, -0.05) is 23.9 Å². The van der Waals surface area contributed by atoms with Crippen molar-refractivity contribution in [1.29, 1.82) is 0 Å². The van der Waals surface area contributed by atoms with Crippen LogP contribution in [-0.2, 0) is 0 Å². The summed E-state index contributed by atoms with van der Waals surface area (Å²) in [7, 11) is 0. The molecule has 2 aromatic rings. The first-order valence-corrected chi connectivity index (χ1v) is 5.34. The zero-order valence-corrected chi connectivity index (χ0v) is 8.41. The van der Waals surface area contributed by atoms with Gasteiger partial charge in [0.15, 0.2) is 0 Å². The van der Waals surface area contributed by atoms with Gasteiger partial charge in [-0.25, -0.2) is 4.98 Å². The topological polar surface area (TPSA) is 42.9 Å². The van der Waals surface area contributed by atoms with Crippen LogP contribution in [0.1, 0.15) is 10.5 Å². The molecule has 0 aliphatic heterocycles. The van der Waals surface area contributed by atoms with Crippen LogP contribution in [0.25, 0.3) is 11.0 Å². The average molecular weight is 204 g/mol. The van der Waals surface area contributed by atoms with Crippen molar-refractivity contribution < 1.29 is 4.79 Å². The third-order valence-electron chi connectivity index (χ3n) is 1.84. The summed E-state index contributed by atoms with van der Waals surface area (Å²) in [6, 6.07) is 7.49. The Kier molecular flexibility index (Phi) is 2.45. The predicted molar refractivity (Wildman–Crippen MR) is 57.4 cm³/mol. The van der Waals surface area contributed by atoms with E-state index in [9.17, 15) is 4.79 Å². The van der Waals surface area contributed by atoms with Crippen molar-refractivity contribution in [2.45, 2.75) is 0 Å². The van der Waals surface area contributed by atoms with E-state index in [1.165, 1.54) is 6.20 Å². The first-order chi connectivity index (χ1) is 6.81. The monoisotopic (exact) mass is 204 g/mol. The molecule has 0 aliphatic carbocycles. The minimum atomic E-state index is -0.0525. The quantitative estimate of drug-likeness (QED) is 0.713. The third-order valence-corrected chi connectivity index (χ3v) is 2.42. The molecule has 0 saturated carbocycles. The molecule has 1 heterocycles. The molecule has 14 heavy (non-hydrogen) atoms. The molecule has 1 aromatic carbocycles. The molecule has 0 spiro atoms. The summed E-state index contributed by atoms with van der Waals surface area (Å²) < 4.78 is 0. The van der Waals surface area contributed by atoms with Crippen molar-refractivity contribution in [3.63, 3.8) is 0 Å². The van der Waals surface area contributed by atoms with Crippen LogP contribution in [0.3, 0.4) is 0 Å². The number of benzene rings is 1. The number of para-hydroxylation sites is 2. The van der Waals surface area contributed by atoms with E-state index in [1.54, 1.807) is 6.26 Å². The van der Waals surface area contributed by atoms with E-state index in [4.69, 9.17) is 0 Å². The molecule has 70 valence electrons. The van der Waals surface area contributed by atoms with E-state index in [0.717, 1.165) is 22.8 Å². The maximum absolute atomic E-state index is 11.3. The number of rotatable bonds is 1. The zero-order chi connectivity index (χ0) is 9.97. The van der Waals surface area contributed by atoms with E-state index in [0.29, 0.717) is 5.69 Å². The minimum Gasteiger partial charge on any atom is -0.280 e. The zero-order valence-electron chi connectivity index (χ0n) is 7.60. The number of carbonyl (C=O) groups excluding carboxylic acids is 1. The van der Waals surface area contributed by atoms with Crippen molar-refractivity contribution in [1.82, 2.24) is 9.97 Å². The van der Waals surface area contributed by atoms with Crippen molar-refractivity contribution in [2.75, 3.05) is 6.26 Å². The molecule has 2 rings (SSSR count). The standard InChI is InChI=1S/C10H8N2OS/c1-14-10(13)9-6-11-7-4-2-3-5-8(7)12-9/h2-6H,1H3. The van der Waals surface area contributed by atoms with E-state index >= 15 is 0 Å². The van der Waals surface area contributed by atoms with E-state index in [1.807, 2.05) is 24.3 Å². The van der Waals surface area contributed by atoms with Crippen LogP contribution >= 0.6 is 11.8 Å². The molecule has 1 aromatic heterocycles. The fraction of sp³-hybridized carbons (Fsp3) is 0.100. The van der Waals surface area contributed by atoms with Gasteiger partial charge in [-0.15, -0.1) is 0 Å². The number of hydrogen-bond donors (Lipinski definition) is 0. The predicted octanol–water partition coefficient (Wildman–Crippen LogP) is 2.13. The van der Waals surface area contributed by atoms with Crippen LogP contribution < -0.4 is 0 Å². The van der Waals surface area contributed by atoms with E-state index in [-0.39, 0.29) is 5.12 Å². The highest BCUT2D eigenvalue weighted by molar-refractivity contribution is 8.13. The third kappa shape index (κ3) is 1.61. The molecular formula is C10H8N2OS. The molecule has 0 fully saturated rings. The Balaban J connectivity index is 2.56. The van der Waals surface area contributed by atoms with Crippen molar-refractivity contribution >= 4 is 27.9 Å². The van der Waals surface area contributed by atoms with Crippen LogP contribution in [0.2, 0.25) is 0 Å². The van der Waals surface area contributed by atoms with Crippen molar-refractivity contribution in [3.8, 4) is 0 Å². The summed E-state index contributed by atoms with van der Waals surface area (Å²) in [4.78, 5) is 19.7. The van der Waals surface area contributed by atoms with Crippen LogP contribution in [0.4, 0.5) is 0 Å². The number of aromatic nitrogens is 2. The molecule has 0 saturated heterocycles. The first-order valence-electron chi connectivity index (χ1n) is 4.11. The lowest BCUT2D eigenvalue weighted by molar-refractivity contribution is 0.108. The summed E-state index contributed by atoms with van der Waals surface area (Å²) in [5.41, 5.74) is 1.98. The van der Waals surface area contributed by atoms with Crippen LogP contribution in [-0.4, -0.2) is 21.3 Å². The second-order valence-corrected chi connectivity index (χ2v) is 3.51. The molecule has 0 aliphatic rings. The molecule has 3 nitrogen and oxygen atoms in total. The van der Waals surface area contributed by atoms with Gasteiger partial charge in [0.1, 0.15) is 5.69 Å². The van der Waals surface area contributed by atoms with Gasteiger partial charge in [-0.05, 0) is 18.4 Å². The maximum atomic E-state index is 11.3. The summed E-state index contributed by atoms with van der Waals surface area (Å²) in [5.74, 6) is 0. The summed E-state index contributed by atoms with van der Waals surface area (Å²) >= 11 is 1.15. The van der Waals surface area contributed by atoms with Gasteiger partial charge in [0.05, 0.1) is 17.2 Å². The van der Waals surface area contributed by atoms with Crippen molar-refractivity contribution in [2.24, 2.45) is 0 Å². The minimum absolute atomic E-state index is 0.0525. The van der Waals surface area contributed by atoms with Gasteiger partial charge in [0.2, 0.25) is 5.12 Å². The second-order valence-electron chi connectivity index (χ2n) is 2.74. The number of nitrogens with zero attached hydrogens (tertiary/aromatic N) is 2. The van der Waals surface area contributed by atoms with Crippen molar-refractivity contribution in [3.05, 3.63) is 36.2 Å². The van der Waals surface area contributed by atoms with Crippen LogP contribution in [0.5, 0.6) is 0 Å². The normalized spacial score (nSPS) is 10.4. The molecule has 0 amide bonds. The van der Waals surface area contributed by atoms with Gasteiger partial charge in [-0.3, -0.25) is 9.78 Å². The molecule has 0 radical (unpaired) electrons. The molecule has 0 bridgehead atoms. The molecule has 0 N–H and O–H groups in total. The van der Waals surface area contributed by atoms with Gasteiger partial charge >= 0.3 is 0 Å². The second kappa shape index (κ2) is 3.75. The number of fused-ring (bicyclic) bond motifs is 1. The Morgan fingerprint density at radius 2 is 2.00 bits per heavy atom. The highest BCUT2D eigenvalue weighted by Crippen LogP contribution is 2.11. The van der Waals surface area contributed by atoms with E-state index < -0.39 is 0 Å². The number of thioether (sulfide) groups is 1. The Labute approximate surface area is 85.6 Å². The Morgan fingerprint density at radius 1 is 1.29 bits per heavy atom. The molecule has 0 atom stereocenters. The lowest BCUT2D eigenvalue weighted by Gasteiger charge is -1.98. The largest absolute Gasteiger partial charge is 0.280 e. The summed E-state index contributed by atoms with van der Waals surface area (Å²) in [6.45, 7) is 0.